The minimum atomic E-state index is -3.01. The van der Waals surface area contributed by atoms with Crippen LogP contribution in [0.4, 0.5) is 0 Å². The van der Waals surface area contributed by atoms with E-state index < -0.39 is 59.9 Å². The standard InChI is InChI=1S/C25H44O10/c1-4-5-6-7-8-9-10-11-12-13-14-15-16-25(20(29)18(2)27,24(3,34)22(31)32)23(33)35-21(30)19(28)17-26/h18-19,26-28,34H,4-17H2,1-3H3,(H,31,32). The van der Waals surface area contributed by atoms with Gasteiger partial charge < -0.3 is 30.3 Å². The second-order valence-corrected chi connectivity index (χ2v) is 9.37. The maximum atomic E-state index is 12.9. The zero-order valence-corrected chi connectivity index (χ0v) is 21.3. The number of aliphatic hydroxyl groups is 4. The Morgan fingerprint density at radius 2 is 1.26 bits per heavy atom. The van der Waals surface area contributed by atoms with Gasteiger partial charge in [-0.25, -0.2) is 9.59 Å². The number of unbranched alkanes of at least 4 members (excludes halogenated alkanes) is 11. The fraction of sp³-hybridized carbons (Fsp3) is 0.840. The highest BCUT2D eigenvalue weighted by molar-refractivity contribution is 6.12. The molecule has 5 N–H and O–H groups in total. The van der Waals surface area contributed by atoms with Gasteiger partial charge in [-0.15, -0.1) is 0 Å². The summed E-state index contributed by atoms with van der Waals surface area (Å²) in [5, 5.41) is 48.5. The molecule has 0 saturated carbocycles. The summed E-state index contributed by atoms with van der Waals surface area (Å²) >= 11 is 0. The Labute approximate surface area is 207 Å². The van der Waals surface area contributed by atoms with Crippen molar-refractivity contribution in [2.45, 2.75) is 122 Å². The number of carbonyl (C=O) groups is 4. The predicted octanol–water partition coefficient (Wildman–Crippen LogP) is 2.27. The van der Waals surface area contributed by atoms with Crippen LogP contribution in [0.5, 0.6) is 0 Å². The van der Waals surface area contributed by atoms with E-state index in [-0.39, 0.29) is 6.42 Å². The molecule has 10 heteroatoms. The van der Waals surface area contributed by atoms with Crippen LogP contribution in [0.25, 0.3) is 0 Å². The number of rotatable bonds is 20. The fourth-order valence-electron chi connectivity index (χ4n) is 4.10. The lowest BCUT2D eigenvalue weighted by atomic mass is 9.65. The third-order valence-electron chi connectivity index (χ3n) is 6.44. The first-order chi connectivity index (χ1) is 16.4. The minimum Gasteiger partial charge on any atom is -0.479 e. The number of hydrogen-bond acceptors (Lipinski definition) is 9. The molecule has 10 nitrogen and oxygen atoms in total. The number of esters is 2. The lowest BCUT2D eigenvalue weighted by molar-refractivity contribution is -0.198. The van der Waals surface area contributed by atoms with Gasteiger partial charge in [-0.2, -0.15) is 0 Å². The Morgan fingerprint density at radius 3 is 1.63 bits per heavy atom. The van der Waals surface area contributed by atoms with Gasteiger partial charge in [0.1, 0.15) is 6.10 Å². The third kappa shape index (κ3) is 9.95. The molecule has 4 unspecified atom stereocenters. The summed E-state index contributed by atoms with van der Waals surface area (Å²) < 4.78 is 4.49. The molecule has 0 radical (unpaired) electrons. The van der Waals surface area contributed by atoms with E-state index in [1.165, 1.54) is 32.1 Å². The highest BCUT2D eigenvalue weighted by Gasteiger charge is 2.64. The third-order valence-corrected chi connectivity index (χ3v) is 6.44. The van der Waals surface area contributed by atoms with E-state index in [2.05, 4.69) is 11.7 Å². The average molecular weight is 505 g/mol. The second-order valence-electron chi connectivity index (χ2n) is 9.37. The van der Waals surface area contributed by atoms with E-state index in [0.717, 1.165) is 46.0 Å². The lowest BCUT2D eigenvalue weighted by Gasteiger charge is -2.39. The second kappa shape index (κ2) is 16.7. The molecule has 0 bridgehead atoms. The highest BCUT2D eigenvalue weighted by atomic mass is 16.6. The summed E-state index contributed by atoms with van der Waals surface area (Å²) in [6.45, 7) is 2.84. The van der Waals surface area contributed by atoms with Crippen LogP contribution in [-0.2, 0) is 23.9 Å². The normalized spacial score (nSPS) is 16.5. The van der Waals surface area contributed by atoms with E-state index in [0.29, 0.717) is 6.42 Å². The molecule has 0 spiro atoms. The van der Waals surface area contributed by atoms with Gasteiger partial charge in [0.05, 0.1) is 6.61 Å². The number of hydrogen-bond donors (Lipinski definition) is 5. The van der Waals surface area contributed by atoms with E-state index in [1.807, 2.05) is 0 Å². The number of carboxylic acids is 1. The molecule has 0 aliphatic heterocycles. The van der Waals surface area contributed by atoms with Gasteiger partial charge in [-0.05, 0) is 20.3 Å². The van der Waals surface area contributed by atoms with Crippen LogP contribution in [-0.4, -0.2) is 73.6 Å². The maximum Gasteiger partial charge on any atom is 0.345 e. The summed E-state index contributed by atoms with van der Waals surface area (Å²) in [7, 11) is 0. The van der Waals surface area contributed by atoms with Crippen molar-refractivity contribution < 1.29 is 49.4 Å². The molecule has 0 aromatic rings. The van der Waals surface area contributed by atoms with Crippen molar-refractivity contribution in [3.05, 3.63) is 0 Å². The Morgan fingerprint density at radius 1 is 0.829 bits per heavy atom. The Bertz CT molecular complexity index is 673. The quantitative estimate of drug-likeness (QED) is 0.0938. The SMILES string of the molecule is CCCCCCCCCCCCCCC(C(=O)OC(=O)C(O)CO)(C(=O)C(C)O)C(C)(O)C(=O)O. The van der Waals surface area contributed by atoms with Crippen LogP contribution in [0.3, 0.4) is 0 Å². The van der Waals surface area contributed by atoms with Gasteiger partial charge >= 0.3 is 17.9 Å². The Kier molecular flexibility index (Phi) is 15.8. The topological polar surface area (TPSA) is 179 Å². The zero-order valence-electron chi connectivity index (χ0n) is 21.3. The first kappa shape index (κ1) is 33.1. The molecule has 0 saturated heterocycles. The monoisotopic (exact) mass is 504 g/mol. The molecule has 0 aromatic heterocycles. The average Bonchev–Trinajstić information content (AvgIpc) is 2.80. The van der Waals surface area contributed by atoms with Gasteiger partial charge in [0.25, 0.3) is 0 Å². The molecule has 0 fully saturated rings. The van der Waals surface area contributed by atoms with E-state index in [4.69, 9.17) is 5.11 Å². The molecular formula is C25H44O10. The molecular weight excluding hydrogens is 460 g/mol. The van der Waals surface area contributed by atoms with Gasteiger partial charge in [-0.1, -0.05) is 84.0 Å². The van der Waals surface area contributed by atoms with Gasteiger partial charge in [-0.3, -0.25) is 9.59 Å². The number of carbonyl (C=O) groups excluding carboxylic acids is 3. The molecule has 0 amide bonds. The van der Waals surface area contributed by atoms with Crippen molar-refractivity contribution >= 4 is 23.7 Å². The number of aliphatic hydroxyl groups excluding tert-OH is 3. The summed E-state index contributed by atoms with van der Waals surface area (Å²) in [4.78, 5) is 49.5. The first-order valence-corrected chi connectivity index (χ1v) is 12.6. The molecule has 204 valence electrons. The molecule has 0 aliphatic carbocycles. The highest BCUT2D eigenvalue weighted by Crippen LogP contribution is 2.41. The summed E-state index contributed by atoms with van der Waals surface area (Å²) in [6.07, 6.45) is 7.36. The molecule has 0 heterocycles. The van der Waals surface area contributed by atoms with Crippen LogP contribution in [0.15, 0.2) is 0 Å². The van der Waals surface area contributed by atoms with Crippen molar-refractivity contribution in [3.8, 4) is 0 Å². The molecule has 4 atom stereocenters. The van der Waals surface area contributed by atoms with Crippen molar-refractivity contribution in [2.75, 3.05) is 6.61 Å². The van der Waals surface area contributed by atoms with Crippen LogP contribution < -0.4 is 0 Å². The lowest BCUT2D eigenvalue weighted by Crippen LogP contribution is -2.63. The van der Waals surface area contributed by atoms with Crippen molar-refractivity contribution in [2.24, 2.45) is 5.41 Å². The Hall–Kier alpha value is -1.88. The van der Waals surface area contributed by atoms with E-state index >= 15 is 0 Å². The van der Waals surface area contributed by atoms with Crippen molar-refractivity contribution in [1.82, 2.24) is 0 Å². The Balaban J connectivity index is 5.23. The zero-order chi connectivity index (χ0) is 27.1. The molecule has 0 aliphatic rings. The van der Waals surface area contributed by atoms with Crippen LogP contribution in [0.1, 0.15) is 104 Å². The van der Waals surface area contributed by atoms with Crippen LogP contribution in [0, 0.1) is 5.41 Å². The predicted molar refractivity (Wildman–Crippen MR) is 127 cm³/mol. The van der Waals surface area contributed by atoms with Crippen molar-refractivity contribution in [1.29, 1.82) is 0 Å². The van der Waals surface area contributed by atoms with Crippen LogP contribution in [0.2, 0.25) is 0 Å². The van der Waals surface area contributed by atoms with Crippen LogP contribution >= 0.6 is 0 Å². The van der Waals surface area contributed by atoms with E-state index in [1.54, 1.807) is 0 Å². The summed E-state index contributed by atoms with van der Waals surface area (Å²) in [6, 6.07) is 0. The minimum absolute atomic E-state index is 0.144. The van der Waals surface area contributed by atoms with E-state index in [9.17, 15) is 39.6 Å². The van der Waals surface area contributed by atoms with Crippen molar-refractivity contribution in [3.63, 3.8) is 0 Å². The first-order valence-electron chi connectivity index (χ1n) is 12.6. The number of ketones is 1. The number of aliphatic carboxylic acids is 1. The smallest absolute Gasteiger partial charge is 0.345 e. The number of carboxylic acid groups (broad SMARTS) is 1. The molecule has 35 heavy (non-hydrogen) atoms. The number of ether oxygens (including phenoxy) is 1. The molecule has 0 aromatic carbocycles. The summed E-state index contributed by atoms with van der Waals surface area (Å²) in [5.41, 5.74) is -5.81. The fourth-order valence-corrected chi connectivity index (χ4v) is 4.10. The number of Topliss-reactive ketones (excluding diaryl/α,β-unsaturated/α-hetero) is 1. The molecule has 0 rings (SSSR count). The largest absolute Gasteiger partial charge is 0.479 e. The van der Waals surface area contributed by atoms with Gasteiger partial charge in [0.15, 0.2) is 22.9 Å². The van der Waals surface area contributed by atoms with Gasteiger partial charge in [0.2, 0.25) is 0 Å². The maximum absolute atomic E-state index is 12.9. The summed E-state index contributed by atoms with van der Waals surface area (Å²) in [5.74, 6) is -6.53. The van der Waals surface area contributed by atoms with Gasteiger partial charge in [0, 0.05) is 0 Å².